The molecule has 1 N–H and O–H groups in total. The molecule has 1 saturated heterocycles. The van der Waals surface area contributed by atoms with E-state index in [1.807, 2.05) is 6.07 Å². The maximum atomic E-state index is 12.7. The van der Waals surface area contributed by atoms with Gasteiger partial charge in [-0.25, -0.2) is 4.79 Å². The number of fused-ring (bicyclic) bond motifs is 5. The van der Waals surface area contributed by atoms with E-state index in [1.54, 1.807) is 20.5 Å². The zero-order valence-electron chi connectivity index (χ0n) is 21.0. The van der Waals surface area contributed by atoms with Crippen molar-refractivity contribution in [3.8, 4) is 16.9 Å². The van der Waals surface area contributed by atoms with E-state index < -0.39 is 0 Å². The number of carbonyl (C=O) groups is 1. The van der Waals surface area contributed by atoms with E-state index in [0.29, 0.717) is 11.5 Å². The minimum atomic E-state index is -0.301. The Bertz CT molecular complexity index is 1250. The van der Waals surface area contributed by atoms with Crippen molar-refractivity contribution in [3.63, 3.8) is 0 Å². The Balaban J connectivity index is 1.63. The summed E-state index contributed by atoms with van der Waals surface area (Å²) in [5, 5.41) is 1.18. The number of nitrogens with one attached hydrogen (secondary N) is 1. The van der Waals surface area contributed by atoms with Gasteiger partial charge in [-0.1, -0.05) is 43.7 Å². The van der Waals surface area contributed by atoms with Crippen LogP contribution < -0.4 is 4.74 Å². The number of nitrogens with zero attached hydrogens (tertiary/aromatic N) is 1. The number of esters is 1. The summed E-state index contributed by atoms with van der Waals surface area (Å²) in [7, 11) is 4.77. The van der Waals surface area contributed by atoms with Crippen molar-refractivity contribution in [3.05, 3.63) is 65.6 Å². The zero-order valence-corrected chi connectivity index (χ0v) is 21.0. The number of ether oxygens (including phenoxy) is 3. The van der Waals surface area contributed by atoms with Gasteiger partial charge in [0.25, 0.3) is 0 Å². The van der Waals surface area contributed by atoms with Crippen molar-refractivity contribution < 1.29 is 19.0 Å². The van der Waals surface area contributed by atoms with Gasteiger partial charge in [-0.05, 0) is 47.9 Å². The topological polar surface area (TPSA) is 63.8 Å². The van der Waals surface area contributed by atoms with Crippen LogP contribution in [0.25, 0.3) is 22.0 Å². The van der Waals surface area contributed by atoms with Crippen molar-refractivity contribution in [2.75, 3.05) is 34.4 Å². The minimum absolute atomic E-state index is 0.0708. The Morgan fingerprint density at radius 1 is 1.14 bits per heavy atom. The summed E-state index contributed by atoms with van der Waals surface area (Å²) in [5.41, 5.74) is 6.69. The van der Waals surface area contributed by atoms with E-state index in [0.717, 1.165) is 43.6 Å². The summed E-state index contributed by atoms with van der Waals surface area (Å²) in [6.45, 7) is 4.14. The fraction of sp³-hybridized carbons (Fsp3) is 0.414. The number of aromatic amines is 1. The smallest absolute Gasteiger partial charge is 0.337 e. The van der Waals surface area contributed by atoms with Crippen LogP contribution in [0.5, 0.6) is 5.75 Å². The second-order valence-corrected chi connectivity index (χ2v) is 9.52. The lowest BCUT2D eigenvalue weighted by molar-refractivity contribution is -0.137. The average Bonchev–Trinajstić information content (AvgIpc) is 3.30. The van der Waals surface area contributed by atoms with E-state index in [4.69, 9.17) is 14.2 Å². The molecule has 1 fully saturated rings. The second-order valence-electron chi connectivity index (χ2n) is 9.52. The number of H-pyrrole nitrogens is 1. The molecule has 2 aliphatic rings. The van der Waals surface area contributed by atoms with Crippen LogP contribution in [-0.4, -0.2) is 50.3 Å². The van der Waals surface area contributed by atoms with Crippen LogP contribution in [0.4, 0.5) is 0 Å². The van der Waals surface area contributed by atoms with E-state index in [-0.39, 0.29) is 17.9 Å². The molecule has 2 aromatic carbocycles. The molecule has 0 radical (unpaired) electrons. The molecule has 2 aliphatic heterocycles. The SMILES string of the molecule is CC[C@@H]1CN2CCc3c([nH]c4c(-c5ccccc5)ccc(OC)c34)[C@@H]2C[C@@H]1/C(=C\OC)C(=O)OC. The highest BCUT2D eigenvalue weighted by molar-refractivity contribution is 6.01. The number of rotatable bonds is 6. The molecule has 0 unspecified atom stereocenters. The molecule has 0 spiro atoms. The minimum Gasteiger partial charge on any atom is -0.504 e. The molecular weight excluding hydrogens is 440 g/mol. The number of piperidine rings is 1. The van der Waals surface area contributed by atoms with Gasteiger partial charge in [0.15, 0.2) is 0 Å². The molecule has 184 valence electrons. The molecule has 3 aromatic rings. The zero-order chi connectivity index (χ0) is 24.5. The van der Waals surface area contributed by atoms with Crippen molar-refractivity contribution in [2.24, 2.45) is 11.8 Å². The van der Waals surface area contributed by atoms with Crippen LogP contribution in [0.2, 0.25) is 0 Å². The summed E-state index contributed by atoms with van der Waals surface area (Å²) in [6.07, 6.45) is 4.39. The van der Waals surface area contributed by atoms with Gasteiger partial charge in [0.2, 0.25) is 0 Å². The lowest BCUT2D eigenvalue weighted by Crippen LogP contribution is -2.47. The average molecular weight is 475 g/mol. The third-order valence-corrected chi connectivity index (χ3v) is 7.89. The van der Waals surface area contributed by atoms with Crippen LogP contribution in [0, 0.1) is 11.8 Å². The maximum absolute atomic E-state index is 12.7. The molecule has 5 rings (SSSR count). The van der Waals surface area contributed by atoms with E-state index >= 15 is 0 Å². The summed E-state index contributed by atoms with van der Waals surface area (Å²) < 4.78 is 16.3. The first kappa shape index (κ1) is 23.5. The molecule has 1 aromatic heterocycles. The van der Waals surface area contributed by atoms with Crippen molar-refractivity contribution >= 4 is 16.9 Å². The summed E-state index contributed by atoms with van der Waals surface area (Å²) in [6, 6.07) is 14.9. The van der Waals surface area contributed by atoms with E-state index in [9.17, 15) is 4.79 Å². The largest absolute Gasteiger partial charge is 0.504 e. The van der Waals surface area contributed by atoms with Gasteiger partial charge in [-0.15, -0.1) is 0 Å². The van der Waals surface area contributed by atoms with Gasteiger partial charge in [0.05, 0.1) is 44.7 Å². The fourth-order valence-corrected chi connectivity index (χ4v) is 6.20. The van der Waals surface area contributed by atoms with E-state index in [1.165, 1.54) is 34.9 Å². The predicted octanol–water partition coefficient (Wildman–Crippen LogP) is 5.49. The lowest BCUT2D eigenvalue weighted by Gasteiger charge is -2.46. The number of benzene rings is 2. The monoisotopic (exact) mass is 474 g/mol. The molecule has 3 atom stereocenters. The van der Waals surface area contributed by atoms with Crippen molar-refractivity contribution in [1.29, 1.82) is 0 Å². The van der Waals surface area contributed by atoms with Gasteiger partial charge in [-0.2, -0.15) is 0 Å². The Labute approximate surface area is 206 Å². The van der Waals surface area contributed by atoms with E-state index in [2.05, 4.69) is 53.2 Å². The van der Waals surface area contributed by atoms with Gasteiger partial charge in [0, 0.05) is 29.7 Å². The Morgan fingerprint density at radius 3 is 2.63 bits per heavy atom. The van der Waals surface area contributed by atoms with Gasteiger partial charge >= 0.3 is 5.97 Å². The number of carbonyl (C=O) groups excluding carboxylic acids is 1. The number of hydrogen-bond donors (Lipinski definition) is 1. The first-order chi connectivity index (χ1) is 17.1. The Morgan fingerprint density at radius 2 is 1.94 bits per heavy atom. The van der Waals surface area contributed by atoms with Crippen LogP contribution in [0.15, 0.2) is 54.3 Å². The van der Waals surface area contributed by atoms with Crippen LogP contribution >= 0.6 is 0 Å². The fourth-order valence-electron chi connectivity index (χ4n) is 6.20. The first-order valence-electron chi connectivity index (χ1n) is 12.4. The normalized spacial score (nSPS) is 22.4. The van der Waals surface area contributed by atoms with Crippen LogP contribution in [0.3, 0.4) is 0 Å². The quantitative estimate of drug-likeness (QED) is 0.291. The number of methoxy groups -OCH3 is 3. The molecule has 3 heterocycles. The molecule has 0 saturated carbocycles. The predicted molar refractivity (Wildman–Crippen MR) is 137 cm³/mol. The third-order valence-electron chi connectivity index (χ3n) is 7.89. The number of aromatic nitrogens is 1. The highest BCUT2D eigenvalue weighted by Crippen LogP contribution is 2.48. The lowest BCUT2D eigenvalue weighted by atomic mass is 9.74. The van der Waals surface area contributed by atoms with Crippen LogP contribution in [-0.2, 0) is 20.7 Å². The van der Waals surface area contributed by atoms with Gasteiger partial charge in [0.1, 0.15) is 5.75 Å². The summed E-state index contributed by atoms with van der Waals surface area (Å²) in [4.78, 5) is 19.1. The number of hydrogen-bond acceptors (Lipinski definition) is 5. The van der Waals surface area contributed by atoms with Crippen molar-refractivity contribution in [1.82, 2.24) is 9.88 Å². The van der Waals surface area contributed by atoms with Crippen molar-refractivity contribution in [2.45, 2.75) is 32.2 Å². The molecular formula is C29H34N2O4. The second kappa shape index (κ2) is 9.78. The Hall–Kier alpha value is -3.25. The van der Waals surface area contributed by atoms with Gasteiger partial charge in [-0.3, -0.25) is 4.90 Å². The maximum Gasteiger partial charge on any atom is 0.337 e. The summed E-state index contributed by atoms with van der Waals surface area (Å²) in [5.74, 6) is 1.04. The molecule has 0 bridgehead atoms. The standard InChI is InChI=1S/C29H34N2O4/c1-5-18-16-31-14-13-21-26-25(34-3)12-11-20(19-9-7-6-8-10-19)28(26)30-27(21)24(31)15-22(18)23(17-33-2)29(32)35-4/h6-12,17-18,22,24,30H,5,13-16H2,1-4H3/b23-17+/t18-,22+,24+/m1/s1. The first-order valence-corrected chi connectivity index (χ1v) is 12.4. The third kappa shape index (κ3) is 4.00. The molecule has 6 heteroatoms. The summed E-state index contributed by atoms with van der Waals surface area (Å²) >= 11 is 0. The highest BCUT2D eigenvalue weighted by Gasteiger charge is 2.43. The molecule has 6 nitrogen and oxygen atoms in total. The molecule has 0 aliphatic carbocycles. The highest BCUT2D eigenvalue weighted by atomic mass is 16.5. The Kier molecular flexibility index (Phi) is 6.56. The molecule has 0 amide bonds. The molecule has 35 heavy (non-hydrogen) atoms. The van der Waals surface area contributed by atoms with Gasteiger partial charge < -0.3 is 19.2 Å². The van der Waals surface area contributed by atoms with Crippen LogP contribution in [0.1, 0.15) is 37.1 Å².